The van der Waals surface area contributed by atoms with Crippen molar-refractivity contribution in [2.24, 2.45) is 0 Å². The minimum atomic E-state index is 0.0236. The molecule has 0 amide bonds. The number of aromatic nitrogens is 1. The fraction of sp³-hybridized carbons (Fsp3) is 0.545. The van der Waals surface area contributed by atoms with E-state index in [2.05, 4.69) is 9.88 Å². The number of hydrogen-bond donors (Lipinski definition) is 1. The van der Waals surface area contributed by atoms with Crippen molar-refractivity contribution in [2.75, 3.05) is 13.7 Å². The van der Waals surface area contributed by atoms with Crippen LogP contribution in [-0.2, 0) is 6.54 Å². The molecule has 82 valence electrons. The Labute approximate surface area is 94.7 Å². The van der Waals surface area contributed by atoms with Crippen molar-refractivity contribution in [1.82, 2.24) is 9.88 Å². The van der Waals surface area contributed by atoms with Crippen LogP contribution in [0.25, 0.3) is 0 Å². The van der Waals surface area contributed by atoms with E-state index in [4.69, 9.17) is 11.6 Å². The van der Waals surface area contributed by atoms with Crippen molar-refractivity contribution in [3.8, 4) is 0 Å². The summed E-state index contributed by atoms with van der Waals surface area (Å²) in [6.45, 7) is 1.05. The predicted octanol–water partition coefficient (Wildman–Crippen LogP) is 1.69. The molecule has 15 heavy (non-hydrogen) atoms. The highest BCUT2D eigenvalue weighted by molar-refractivity contribution is 6.29. The van der Waals surface area contributed by atoms with Crippen LogP contribution in [0.2, 0.25) is 5.15 Å². The fourth-order valence-corrected chi connectivity index (χ4v) is 1.98. The van der Waals surface area contributed by atoms with Crippen LogP contribution in [0.4, 0.5) is 0 Å². The predicted molar refractivity (Wildman–Crippen MR) is 59.8 cm³/mol. The average Bonchev–Trinajstić information content (AvgIpc) is 2.98. The van der Waals surface area contributed by atoms with Gasteiger partial charge in [0.05, 0.1) is 6.61 Å². The van der Waals surface area contributed by atoms with E-state index in [0.29, 0.717) is 5.15 Å². The van der Waals surface area contributed by atoms with Crippen molar-refractivity contribution in [3.05, 3.63) is 29.0 Å². The molecule has 1 aliphatic carbocycles. The summed E-state index contributed by atoms with van der Waals surface area (Å²) >= 11 is 5.81. The fourth-order valence-electron chi connectivity index (χ4n) is 1.79. The van der Waals surface area contributed by atoms with Gasteiger partial charge in [-0.05, 0) is 37.6 Å². The third kappa shape index (κ3) is 2.30. The van der Waals surface area contributed by atoms with E-state index in [1.165, 1.54) is 0 Å². The Morgan fingerprint density at radius 2 is 2.33 bits per heavy atom. The minimum absolute atomic E-state index is 0.0236. The molecule has 2 rings (SSSR count). The van der Waals surface area contributed by atoms with Gasteiger partial charge in [0.2, 0.25) is 0 Å². The molecule has 1 aliphatic rings. The van der Waals surface area contributed by atoms with Gasteiger partial charge < -0.3 is 5.11 Å². The number of nitrogens with zero attached hydrogens (tertiary/aromatic N) is 2. The topological polar surface area (TPSA) is 36.4 Å². The quantitative estimate of drug-likeness (QED) is 0.794. The molecular weight excluding hydrogens is 212 g/mol. The molecular formula is C11H15ClN2O. The lowest BCUT2D eigenvalue weighted by molar-refractivity contribution is 0.123. The van der Waals surface area contributed by atoms with Crippen LogP contribution in [-0.4, -0.2) is 34.2 Å². The van der Waals surface area contributed by atoms with Crippen LogP contribution in [0, 0.1) is 0 Å². The molecule has 0 saturated heterocycles. The van der Waals surface area contributed by atoms with Gasteiger partial charge in [-0.3, -0.25) is 4.90 Å². The van der Waals surface area contributed by atoms with Crippen LogP contribution < -0.4 is 0 Å². The van der Waals surface area contributed by atoms with Crippen molar-refractivity contribution >= 4 is 11.6 Å². The lowest BCUT2D eigenvalue weighted by atomic mass is 10.2. The van der Waals surface area contributed by atoms with E-state index >= 15 is 0 Å². The number of rotatable bonds is 4. The molecule has 3 nitrogen and oxygen atoms in total. The van der Waals surface area contributed by atoms with E-state index in [1.807, 2.05) is 19.2 Å². The van der Waals surface area contributed by atoms with Crippen LogP contribution in [0.5, 0.6) is 0 Å². The van der Waals surface area contributed by atoms with Gasteiger partial charge in [0.15, 0.2) is 0 Å². The summed E-state index contributed by atoms with van der Waals surface area (Å²) in [5.41, 5.74) is 1.16. The molecule has 0 aromatic carbocycles. The number of likely N-dealkylation sites (N-methyl/N-ethyl adjacent to an activating group) is 1. The first-order valence-corrected chi connectivity index (χ1v) is 5.47. The maximum atomic E-state index is 9.28. The van der Waals surface area contributed by atoms with E-state index in [0.717, 1.165) is 24.9 Å². The average molecular weight is 227 g/mol. The summed E-state index contributed by atoms with van der Waals surface area (Å²) in [6.07, 6.45) is 3.88. The summed E-state index contributed by atoms with van der Waals surface area (Å²) in [6, 6.07) is 3.82. The first kappa shape index (κ1) is 10.9. The molecule has 0 unspecified atom stereocenters. The molecule has 0 bridgehead atoms. The standard InChI is InChI=1S/C11H15ClN2O/c1-14(11(8-15)3-4-11)7-9-2-5-13-10(12)6-9/h2,5-6,15H,3-4,7-8H2,1H3. The van der Waals surface area contributed by atoms with Gasteiger partial charge in [0, 0.05) is 18.3 Å². The molecule has 1 N–H and O–H groups in total. The normalized spacial score (nSPS) is 18.1. The number of aliphatic hydroxyl groups is 1. The van der Waals surface area contributed by atoms with E-state index in [-0.39, 0.29) is 12.1 Å². The van der Waals surface area contributed by atoms with Gasteiger partial charge in [-0.25, -0.2) is 4.98 Å². The maximum Gasteiger partial charge on any atom is 0.129 e. The molecule has 1 fully saturated rings. The van der Waals surface area contributed by atoms with Gasteiger partial charge in [-0.2, -0.15) is 0 Å². The zero-order valence-electron chi connectivity index (χ0n) is 8.78. The molecule has 1 aromatic rings. The van der Waals surface area contributed by atoms with E-state index in [9.17, 15) is 5.11 Å². The molecule has 0 radical (unpaired) electrons. The Kier molecular flexibility index (Phi) is 2.96. The highest BCUT2D eigenvalue weighted by Gasteiger charge is 2.45. The Balaban J connectivity index is 2.03. The van der Waals surface area contributed by atoms with Crippen molar-refractivity contribution in [3.63, 3.8) is 0 Å². The lowest BCUT2D eigenvalue weighted by Gasteiger charge is -2.26. The summed E-state index contributed by atoms with van der Waals surface area (Å²) in [7, 11) is 2.04. The molecule has 0 atom stereocenters. The third-order valence-corrected chi connectivity index (χ3v) is 3.35. The molecule has 1 aromatic heterocycles. The summed E-state index contributed by atoms with van der Waals surface area (Å²) < 4.78 is 0. The highest BCUT2D eigenvalue weighted by Crippen LogP contribution is 2.40. The molecule has 0 aliphatic heterocycles. The second-order valence-corrected chi connectivity index (χ2v) is 4.61. The Morgan fingerprint density at radius 1 is 1.60 bits per heavy atom. The summed E-state index contributed by atoms with van der Waals surface area (Å²) in [5.74, 6) is 0. The monoisotopic (exact) mass is 226 g/mol. The number of pyridine rings is 1. The van der Waals surface area contributed by atoms with Gasteiger partial charge in [-0.15, -0.1) is 0 Å². The number of halogens is 1. The van der Waals surface area contributed by atoms with Gasteiger partial charge in [0.1, 0.15) is 5.15 Å². The zero-order valence-corrected chi connectivity index (χ0v) is 9.54. The Bertz CT molecular complexity index is 352. The summed E-state index contributed by atoms with van der Waals surface area (Å²) in [4.78, 5) is 6.14. The lowest BCUT2D eigenvalue weighted by Crippen LogP contribution is -2.36. The second-order valence-electron chi connectivity index (χ2n) is 4.23. The SMILES string of the molecule is CN(Cc1ccnc(Cl)c1)C1(CO)CC1. The van der Waals surface area contributed by atoms with Crippen LogP contribution in [0.15, 0.2) is 18.3 Å². The minimum Gasteiger partial charge on any atom is -0.394 e. The Morgan fingerprint density at radius 3 is 2.87 bits per heavy atom. The zero-order chi connectivity index (χ0) is 10.9. The number of hydrogen-bond acceptors (Lipinski definition) is 3. The number of aliphatic hydroxyl groups excluding tert-OH is 1. The largest absolute Gasteiger partial charge is 0.394 e. The molecule has 1 heterocycles. The molecule has 1 saturated carbocycles. The van der Waals surface area contributed by atoms with Gasteiger partial charge >= 0.3 is 0 Å². The maximum absolute atomic E-state index is 9.28. The molecule has 4 heteroatoms. The molecule has 0 spiro atoms. The van der Waals surface area contributed by atoms with Crippen LogP contribution >= 0.6 is 11.6 Å². The van der Waals surface area contributed by atoms with Crippen molar-refractivity contribution in [1.29, 1.82) is 0 Å². The van der Waals surface area contributed by atoms with Gasteiger partial charge in [0.25, 0.3) is 0 Å². The third-order valence-electron chi connectivity index (χ3n) is 3.14. The van der Waals surface area contributed by atoms with Crippen molar-refractivity contribution < 1.29 is 5.11 Å². The smallest absolute Gasteiger partial charge is 0.129 e. The van der Waals surface area contributed by atoms with Crippen LogP contribution in [0.3, 0.4) is 0 Å². The highest BCUT2D eigenvalue weighted by atomic mass is 35.5. The van der Waals surface area contributed by atoms with Gasteiger partial charge in [-0.1, -0.05) is 11.6 Å². The van der Waals surface area contributed by atoms with Crippen molar-refractivity contribution in [2.45, 2.75) is 24.9 Å². The first-order chi connectivity index (χ1) is 7.16. The summed E-state index contributed by atoms with van der Waals surface area (Å²) in [5, 5.41) is 9.80. The second kappa shape index (κ2) is 4.08. The van der Waals surface area contributed by atoms with E-state index < -0.39 is 0 Å². The van der Waals surface area contributed by atoms with E-state index in [1.54, 1.807) is 6.20 Å². The first-order valence-electron chi connectivity index (χ1n) is 5.09. The van der Waals surface area contributed by atoms with Crippen LogP contribution in [0.1, 0.15) is 18.4 Å². The Hall–Kier alpha value is -0.640.